The number of sulfonamides is 1. The number of nitrogens with one attached hydrogen (secondary N) is 2. The minimum Gasteiger partial charge on any atom is -0.494 e. The van der Waals surface area contributed by atoms with Crippen molar-refractivity contribution in [3.05, 3.63) is 52.7 Å². The number of H-pyrrole nitrogens is 1. The van der Waals surface area contributed by atoms with Crippen molar-refractivity contribution in [1.29, 1.82) is 0 Å². The van der Waals surface area contributed by atoms with Crippen molar-refractivity contribution in [2.75, 3.05) is 11.8 Å². The van der Waals surface area contributed by atoms with Gasteiger partial charge in [0, 0.05) is 18.3 Å². The number of ether oxygens (including phenoxy) is 1. The molecule has 0 bridgehead atoms. The molecule has 0 atom stereocenters. The van der Waals surface area contributed by atoms with Gasteiger partial charge in [0.15, 0.2) is 11.6 Å². The van der Waals surface area contributed by atoms with Crippen molar-refractivity contribution in [2.24, 2.45) is 0 Å². The minimum atomic E-state index is -3.89. The van der Waals surface area contributed by atoms with Gasteiger partial charge in [-0.3, -0.25) is 9.52 Å². The molecule has 20 heavy (non-hydrogen) atoms. The van der Waals surface area contributed by atoms with E-state index in [0.29, 0.717) is 0 Å². The zero-order chi connectivity index (χ0) is 14.8. The highest BCUT2D eigenvalue weighted by atomic mass is 32.2. The van der Waals surface area contributed by atoms with Gasteiger partial charge < -0.3 is 9.72 Å². The highest BCUT2D eigenvalue weighted by molar-refractivity contribution is 7.92. The van der Waals surface area contributed by atoms with Crippen molar-refractivity contribution in [3.8, 4) is 5.75 Å². The fourth-order valence-corrected chi connectivity index (χ4v) is 2.52. The third-order valence-electron chi connectivity index (χ3n) is 2.47. The molecule has 0 aliphatic carbocycles. The molecule has 2 aromatic rings. The molecule has 8 heteroatoms. The van der Waals surface area contributed by atoms with Crippen LogP contribution in [-0.4, -0.2) is 20.5 Å². The monoisotopic (exact) mass is 298 g/mol. The van der Waals surface area contributed by atoms with Gasteiger partial charge in [-0.1, -0.05) is 0 Å². The Morgan fingerprint density at radius 3 is 2.55 bits per heavy atom. The van der Waals surface area contributed by atoms with Crippen LogP contribution < -0.4 is 15.0 Å². The van der Waals surface area contributed by atoms with Crippen molar-refractivity contribution in [3.63, 3.8) is 0 Å². The SMILES string of the molecule is COc1ccc(NS(=O)(=O)c2ccc(=O)[nH]c2)cc1F. The first-order valence-corrected chi connectivity index (χ1v) is 6.96. The van der Waals surface area contributed by atoms with E-state index in [-0.39, 0.29) is 16.3 Å². The number of hydrogen-bond acceptors (Lipinski definition) is 4. The second kappa shape index (κ2) is 5.33. The lowest BCUT2D eigenvalue weighted by molar-refractivity contribution is 0.386. The number of methoxy groups -OCH3 is 1. The van der Waals surface area contributed by atoms with E-state index >= 15 is 0 Å². The number of aromatic amines is 1. The molecule has 0 unspecified atom stereocenters. The molecular weight excluding hydrogens is 287 g/mol. The molecule has 0 aliphatic heterocycles. The Bertz CT molecular complexity index is 766. The van der Waals surface area contributed by atoms with Gasteiger partial charge >= 0.3 is 0 Å². The Hall–Kier alpha value is -2.35. The molecule has 0 spiro atoms. The molecular formula is C12H11FN2O4S. The molecule has 1 aromatic heterocycles. The van der Waals surface area contributed by atoms with E-state index in [1.807, 2.05) is 0 Å². The summed E-state index contributed by atoms with van der Waals surface area (Å²) in [6.07, 6.45) is 1.06. The quantitative estimate of drug-likeness (QED) is 0.891. The molecule has 106 valence electrons. The summed E-state index contributed by atoms with van der Waals surface area (Å²) < 4.78 is 44.4. The van der Waals surface area contributed by atoms with E-state index < -0.39 is 21.4 Å². The topological polar surface area (TPSA) is 88.3 Å². The van der Waals surface area contributed by atoms with Crippen LogP contribution >= 0.6 is 0 Å². The molecule has 2 N–H and O–H groups in total. The summed E-state index contributed by atoms with van der Waals surface area (Å²) in [4.78, 5) is 13.0. The van der Waals surface area contributed by atoms with E-state index in [2.05, 4.69) is 9.71 Å². The Morgan fingerprint density at radius 2 is 2.00 bits per heavy atom. The van der Waals surface area contributed by atoms with Gasteiger partial charge in [-0.2, -0.15) is 0 Å². The first-order chi connectivity index (χ1) is 9.42. The first-order valence-electron chi connectivity index (χ1n) is 5.47. The Morgan fingerprint density at radius 1 is 1.25 bits per heavy atom. The number of anilines is 1. The maximum absolute atomic E-state index is 13.5. The summed E-state index contributed by atoms with van der Waals surface area (Å²) in [6.45, 7) is 0. The molecule has 1 heterocycles. The standard InChI is InChI=1S/C12H11FN2O4S/c1-19-11-4-2-8(6-10(11)13)15-20(17,18)9-3-5-12(16)14-7-9/h2-7,15H,1H3,(H,14,16). The third kappa shape index (κ3) is 2.97. The van der Waals surface area contributed by atoms with Gasteiger partial charge in [0.25, 0.3) is 10.0 Å². The van der Waals surface area contributed by atoms with E-state index in [4.69, 9.17) is 4.74 Å². The number of halogens is 1. The lowest BCUT2D eigenvalue weighted by Gasteiger charge is -2.09. The lowest BCUT2D eigenvalue weighted by Crippen LogP contribution is -2.15. The molecule has 0 saturated carbocycles. The smallest absolute Gasteiger partial charge is 0.263 e. The van der Waals surface area contributed by atoms with Crippen LogP contribution in [0.4, 0.5) is 10.1 Å². The van der Waals surface area contributed by atoms with E-state index in [9.17, 15) is 17.6 Å². The maximum atomic E-state index is 13.5. The average molecular weight is 298 g/mol. The second-order valence-corrected chi connectivity index (χ2v) is 5.53. The summed E-state index contributed by atoms with van der Waals surface area (Å²) >= 11 is 0. The number of pyridine rings is 1. The number of hydrogen-bond donors (Lipinski definition) is 2. The molecule has 0 saturated heterocycles. The van der Waals surface area contributed by atoms with Gasteiger partial charge in [0.1, 0.15) is 4.90 Å². The zero-order valence-electron chi connectivity index (χ0n) is 10.4. The Balaban J connectivity index is 2.30. The number of rotatable bonds is 4. The molecule has 0 aliphatic rings. The van der Waals surface area contributed by atoms with E-state index in [0.717, 1.165) is 24.4 Å². The van der Waals surface area contributed by atoms with Crippen LogP contribution in [0.3, 0.4) is 0 Å². The number of aromatic nitrogens is 1. The molecule has 1 aromatic carbocycles. The summed E-state index contributed by atoms with van der Waals surface area (Å²) in [5, 5.41) is 0. The Kier molecular flexibility index (Phi) is 3.75. The Labute approximate surface area is 114 Å². The minimum absolute atomic E-state index is 0.0111. The summed E-state index contributed by atoms with van der Waals surface area (Å²) in [6, 6.07) is 5.91. The zero-order valence-corrected chi connectivity index (χ0v) is 11.2. The van der Waals surface area contributed by atoms with Crippen molar-refractivity contribution in [1.82, 2.24) is 4.98 Å². The predicted octanol–water partition coefficient (Wildman–Crippen LogP) is 1.32. The molecule has 2 rings (SSSR count). The van der Waals surface area contributed by atoms with Gasteiger partial charge in [0.05, 0.1) is 12.8 Å². The summed E-state index contributed by atoms with van der Waals surface area (Å²) in [7, 11) is -2.59. The van der Waals surface area contributed by atoms with Crippen LogP contribution in [0.1, 0.15) is 0 Å². The molecule has 0 radical (unpaired) electrons. The molecule has 0 amide bonds. The van der Waals surface area contributed by atoms with Crippen molar-refractivity contribution in [2.45, 2.75) is 4.90 Å². The largest absolute Gasteiger partial charge is 0.494 e. The van der Waals surface area contributed by atoms with Crippen LogP contribution in [0.5, 0.6) is 5.75 Å². The maximum Gasteiger partial charge on any atom is 0.263 e. The van der Waals surface area contributed by atoms with E-state index in [1.54, 1.807) is 0 Å². The summed E-state index contributed by atoms with van der Waals surface area (Å²) in [5.41, 5.74) is -0.367. The lowest BCUT2D eigenvalue weighted by atomic mass is 10.3. The second-order valence-electron chi connectivity index (χ2n) is 3.84. The van der Waals surface area contributed by atoms with Crippen molar-refractivity contribution < 1.29 is 17.5 Å². The van der Waals surface area contributed by atoms with Gasteiger partial charge in [-0.15, -0.1) is 0 Å². The third-order valence-corrected chi connectivity index (χ3v) is 3.85. The summed E-state index contributed by atoms with van der Waals surface area (Å²) in [5.74, 6) is -0.675. The highest BCUT2D eigenvalue weighted by Crippen LogP contribution is 2.22. The molecule has 0 fully saturated rings. The molecule has 6 nitrogen and oxygen atoms in total. The number of benzene rings is 1. The van der Waals surface area contributed by atoms with Crippen LogP contribution in [0.25, 0.3) is 0 Å². The van der Waals surface area contributed by atoms with Crippen LogP contribution in [0.2, 0.25) is 0 Å². The van der Waals surface area contributed by atoms with Crippen molar-refractivity contribution >= 4 is 15.7 Å². The average Bonchev–Trinajstić information content (AvgIpc) is 2.39. The fourth-order valence-electron chi connectivity index (χ4n) is 1.51. The first kappa shape index (κ1) is 14.1. The fraction of sp³-hybridized carbons (Fsp3) is 0.0833. The van der Waals surface area contributed by atoms with Crippen LogP contribution in [-0.2, 0) is 10.0 Å². The van der Waals surface area contributed by atoms with Gasteiger partial charge in [-0.25, -0.2) is 12.8 Å². The predicted molar refractivity (Wildman–Crippen MR) is 70.8 cm³/mol. The van der Waals surface area contributed by atoms with Gasteiger partial charge in [0.2, 0.25) is 5.56 Å². The van der Waals surface area contributed by atoms with Gasteiger partial charge in [-0.05, 0) is 18.2 Å². The van der Waals surface area contributed by atoms with Crippen LogP contribution in [0.15, 0.2) is 46.2 Å². The normalized spacial score (nSPS) is 11.1. The van der Waals surface area contributed by atoms with Crippen LogP contribution in [0, 0.1) is 5.82 Å². The van der Waals surface area contributed by atoms with E-state index in [1.165, 1.54) is 19.2 Å². The highest BCUT2D eigenvalue weighted by Gasteiger charge is 2.15.